The SMILES string of the molecule is CC(C)(C)C1N(C(=O)O)CCCC12NC(=O)c1sc(-c3ccncc3)cc1N2. The quantitative estimate of drug-likeness (QED) is 0.676. The number of rotatable bonds is 1. The first-order valence-electron chi connectivity index (χ1n) is 9.36. The van der Waals surface area contributed by atoms with Gasteiger partial charge in [0.2, 0.25) is 0 Å². The molecule has 7 nitrogen and oxygen atoms in total. The van der Waals surface area contributed by atoms with E-state index in [1.807, 2.05) is 39.0 Å². The predicted molar refractivity (Wildman–Crippen MR) is 109 cm³/mol. The third-order valence-corrected chi connectivity index (χ3v) is 6.59. The maximum absolute atomic E-state index is 13.0. The van der Waals surface area contributed by atoms with Gasteiger partial charge < -0.3 is 20.6 Å². The Morgan fingerprint density at radius 3 is 2.68 bits per heavy atom. The van der Waals surface area contributed by atoms with Gasteiger partial charge in [0.05, 0.1) is 11.7 Å². The topological polar surface area (TPSA) is 94.6 Å². The monoisotopic (exact) mass is 400 g/mol. The number of hydrogen-bond acceptors (Lipinski definition) is 5. The molecule has 0 bridgehead atoms. The second kappa shape index (κ2) is 6.48. The van der Waals surface area contributed by atoms with E-state index in [1.165, 1.54) is 16.2 Å². The molecule has 0 saturated carbocycles. The number of fused-ring (bicyclic) bond motifs is 1. The Morgan fingerprint density at radius 1 is 1.32 bits per heavy atom. The number of piperidine rings is 1. The fraction of sp³-hybridized carbons (Fsp3) is 0.450. The molecule has 2 aliphatic heterocycles. The minimum Gasteiger partial charge on any atom is -0.465 e. The molecule has 2 aromatic rings. The highest BCUT2D eigenvalue weighted by atomic mass is 32.1. The number of carboxylic acid groups (broad SMARTS) is 1. The number of aromatic nitrogens is 1. The lowest BCUT2D eigenvalue weighted by Gasteiger charge is -2.55. The number of carbonyl (C=O) groups is 2. The summed E-state index contributed by atoms with van der Waals surface area (Å²) < 4.78 is 0. The molecule has 28 heavy (non-hydrogen) atoms. The number of nitrogens with one attached hydrogen (secondary N) is 2. The van der Waals surface area contributed by atoms with Crippen LogP contribution in [0, 0.1) is 5.41 Å². The molecule has 0 radical (unpaired) electrons. The Labute approximate surface area is 167 Å². The van der Waals surface area contributed by atoms with Crippen LogP contribution in [0.2, 0.25) is 0 Å². The van der Waals surface area contributed by atoms with Gasteiger partial charge in [0.25, 0.3) is 5.91 Å². The molecule has 0 aliphatic carbocycles. The number of nitrogens with zero attached hydrogens (tertiary/aromatic N) is 2. The molecule has 8 heteroatoms. The molecule has 2 aliphatic rings. The van der Waals surface area contributed by atoms with E-state index in [1.54, 1.807) is 12.4 Å². The standard InChI is InChI=1S/C20H24N4O3S/c1-19(2,3)17-20(7-4-10-24(17)18(26)27)22-13-11-14(12-5-8-21-9-6-12)28-15(13)16(25)23-20/h5-6,8-9,11,17,22H,4,7,10H2,1-3H3,(H,23,25)(H,26,27). The van der Waals surface area contributed by atoms with Crippen LogP contribution in [0.4, 0.5) is 10.5 Å². The fourth-order valence-electron chi connectivity index (χ4n) is 4.58. The summed E-state index contributed by atoms with van der Waals surface area (Å²) >= 11 is 1.43. The summed E-state index contributed by atoms with van der Waals surface area (Å²) in [5.41, 5.74) is 0.583. The summed E-state index contributed by atoms with van der Waals surface area (Å²) in [7, 11) is 0. The zero-order valence-electron chi connectivity index (χ0n) is 16.2. The first-order chi connectivity index (χ1) is 13.2. The number of carbonyl (C=O) groups excluding carboxylic acids is 1. The number of hydrogen-bond donors (Lipinski definition) is 3. The predicted octanol–water partition coefficient (Wildman–Crippen LogP) is 3.85. The van der Waals surface area contributed by atoms with Crippen molar-refractivity contribution < 1.29 is 14.7 Å². The third-order valence-electron chi connectivity index (χ3n) is 5.41. The maximum Gasteiger partial charge on any atom is 0.407 e. The van der Waals surface area contributed by atoms with E-state index >= 15 is 0 Å². The molecule has 148 valence electrons. The lowest BCUT2D eigenvalue weighted by molar-refractivity contribution is 0.00281. The molecule has 4 rings (SSSR count). The van der Waals surface area contributed by atoms with E-state index in [4.69, 9.17) is 0 Å². The first-order valence-corrected chi connectivity index (χ1v) is 10.2. The van der Waals surface area contributed by atoms with Gasteiger partial charge in [0.1, 0.15) is 10.5 Å². The van der Waals surface area contributed by atoms with Crippen LogP contribution in [0.5, 0.6) is 0 Å². The molecule has 0 aromatic carbocycles. The highest BCUT2D eigenvalue weighted by molar-refractivity contribution is 7.18. The second-order valence-corrected chi connectivity index (χ2v) is 9.54. The number of amides is 2. The minimum atomic E-state index is -0.955. The van der Waals surface area contributed by atoms with Gasteiger partial charge in [0.15, 0.2) is 0 Å². The van der Waals surface area contributed by atoms with Crippen molar-refractivity contribution in [2.75, 3.05) is 11.9 Å². The van der Waals surface area contributed by atoms with Crippen LogP contribution in [-0.2, 0) is 0 Å². The van der Waals surface area contributed by atoms with Gasteiger partial charge in [-0.05, 0) is 42.0 Å². The van der Waals surface area contributed by atoms with Crippen molar-refractivity contribution in [2.24, 2.45) is 5.41 Å². The van der Waals surface area contributed by atoms with Crippen LogP contribution in [-0.4, -0.2) is 45.2 Å². The molecule has 2 atom stereocenters. The van der Waals surface area contributed by atoms with Gasteiger partial charge in [-0.2, -0.15) is 0 Å². The van der Waals surface area contributed by atoms with Gasteiger partial charge in [-0.3, -0.25) is 9.78 Å². The normalized spacial score (nSPS) is 24.5. The van der Waals surface area contributed by atoms with Crippen LogP contribution in [0.3, 0.4) is 0 Å². The second-order valence-electron chi connectivity index (χ2n) is 8.49. The van der Waals surface area contributed by atoms with Crippen molar-refractivity contribution >= 4 is 29.0 Å². The molecule has 3 N–H and O–H groups in total. The number of thiophene rings is 1. The highest BCUT2D eigenvalue weighted by Gasteiger charge is 2.54. The summed E-state index contributed by atoms with van der Waals surface area (Å²) in [6.07, 6.45) is 3.85. The first kappa shape index (κ1) is 18.7. The minimum absolute atomic E-state index is 0.152. The average Bonchev–Trinajstić information content (AvgIpc) is 3.05. The van der Waals surface area contributed by atoms with E-state index in [9.17, 15) is 14.7 Å². The third kappa shape index (κ3) is 3.01. The molecule has 2 unspecified atom stereocenters. The zero-order chi connectivity index (χ0) is 20.1. The number of anilines is 1. The van der Waals surface area contributed by atoms with Gasteiger partial charge in [-0.1, -0.05) is 20.8 Å². The summed E-state index contributed by atoms with van der Waals surface area (Å²) in [4.78, 5) is 32.1. The van der Waals surface area contributed by atoms with Crippen molar-refractivity contribution in [3.8, 4) is 10.4 Å². The Bertz CT molecular complexity index is 921. The number of pyridine rings is 1. The van der Waals surface area contributed by atoms with Crippen molar-refractivity contribution in [1.29, 1.82) is 0 Å². The van der Waals surface area contributed by atoms with Crippen molar-refractivity contribution in [1.82, 2.24) is 15.2 Å². The fourth-order valence-corrected chi connectivity index (χ4v) is 5.59. The van der Waals surface area contributed by atoms with E-state index < -0.39 is 17.8 Å². The van der Waals surface area contributed by atoms with Crippen LogP contribution >= 0.6 is 11.3 Å². The van der Waals surface area contributed by atoms with Crippen LogP contribution in [0.15, 0.2) is 30.6 Å². The molecule has 1 saturated heterocycles. The molecule has 1 fully saturated rings. The smallest absolute Gasteiger partial charge is 0.407 e. The van der Waals surface area contributed by atoms with E-state index in [0.29, 0.717) is 24.3 Å². The molecule has 2 aromatic heterocycles. The molecule has 1 spiro atoms. The van der Waals surface area contributed by atoms with Gasteiger partial charge in [0, 0.05) is 23.8 Å². The molecular weight excluding hydrogens is 376 g/mol. The van der Waals surface area contributed by atoms with Crippen molar-refractivity contribution in [2.45, 2.75) is 45.3 Å². The Balaban J connectivity index is 1.77. The van der Waals surface area contributed by atoms with Crippen LogP contribution < -0.4 is 10.6 Å². The van der Waals surface area contributed by atoms with Gasteiger partial charge in [-0.15, -0.1) is 11.3 Å². The summed E-state index contributed by atoms with van der Waals surface area (Å²) in [6.45, 7) is 6.51. The summed E-state index contributed by atoms with van der Waals surface area (Å²) in [6, 6.07) is 5.41. The molecular formula is C20H24N4O3S. The van der Waals surface area contributed by atoms with E-state index in [0.717, 1.165) is 16.1 Å². The Kier molecular flexibility index (Phi) is 4.33. The van der Waals surface area contributed by atoms with Gasteiger partial charge in [-0.25, -0.2) is 4.79 Å². The molecule has 4 heterocycles. The van der Waals surface area contributed by atoms with Crippen LogP contribution in [0.1, 0.15) is 43.3 Å². The summed E-state index contributed by atoms with van der Waals surface area (Å²) in [5, 5.41) is 16.5. The largest absolute Gasteiger partial charge is 0.465 e. The Hall–Kier alpha value is -2.61. The lowest BCUT2D eigenvalue weighted by atomic mass is 9.73. The zero-order valence-corrected chi connectivity index (χ0v) is 17.0. The van der Waals surface area contributed by atoms with E-state index in [2.05, 4.69) is 15.6 Å². The van der Waals surface area contributed by atoms with E-state index in [-0.39, 0.29) is 11.3 Å². The van der Waals surface area contributed by atoms with Gasteiger partial charge >= 0.3 is 6.09 Å². The lowest BCUT2D eigenvalue weighted by Crippen LogP contribution is -2.74. The maximum atomic E-state index is 13.0. The highest BCUT2D eigenvalue weighted by Crippen LogP contribution is 2.45. The summed E-state index contributed by atoms with van der Waals surface area (Å²) in [5.74, 6) is -0.152. The number of likely N-dealkylation sites (tertiary alicyclic amines) is 1. The van der Waals surface area contributed by atoms with Crippen LogP contribution in [0.25, 0.3) is 10.4 Å². The average molecular weight is 401 g/mol. The Morgan fingerprint density at radius 2 is 2.04 bits per heavy atom. The molecule has 2 amide bonds. The van der Waals surface area contributed by atoms with Crippen molar-refractivity contribution in [3.05, 3.63) is 35.5 Å². The van der Waals surface area contributed by atoms with Crippen molar-refractivity contribution in [3.63, 3.8) is 0 Å².